The van der Waals surface area contributed by atoms with Crippen molar-refractivity contribution in [2.45, 2.75) is 0 Å². The molecule has 1 aliphatic rings. The second kappa shape index (κ2) is 1.50. The second-order valence-electron chi connectivity index (χ2n) is 1.24. The van der Waals surface area contributed by atoms with E-state index in [9.17, 15) is 0 Å². The molecule has 38 valence electrons. The molecule has 1 heterocycles. The number of hydrogen-bond acceptors (Lipinski definition) is 3. The van der Waals surface area contributed by atoms with E-state index in [4.69, 9.17) is 5.11 Å². The van der Waals surface area contributed by atoms with Gasteiger partial charge in [-0.2, -0.15) is 0 Å². The maximum Gasteiger partial charge on any atom is 0.187 e. The Kier molecular flexibility index (Phi) is 0.982. The lowest BCUT2D eigenvalue weighted by molar-refractivity contribution is 0.289. The highest BCUT2D eigenvalue weighted by atomic mass is 32.1. The van der Waals surface area contributed by atoms with E-state index in [1.807, 2.05) is 0 Å². The van der Waals surface area contributed by atoms with Gasteiger partial charge in [-0.1, -0.05) is 0 Å². The van der Waals surface area contributed by atoms with E-state index in [0.717, 1.165) is 0 Å². The molecule has 0 unspecified atom stereocenters. The van der Waals surface area contributed by atoms with Crippen molar-refractivity contribution in [2.75, 3.05) is 6.61 Å². The van der Waals surface area contributed by atoms with Crippen LogP contribution >= 0.6 is 12.2 Å². The van der Waals surface area contributed by atoms with Gasteiger partial charge in [-0.15, -0.1) is 0 Å². The van der Waals surface area contributed by atoms with E-state index in [-0.39, 0.29) is 12.4 Å². The molecule has 1 N–H and O–H groups in total. The molecule has 0 spiro atoms. The summed E-state index contributed by atoms with van der Waals surface area (Å²) in [7, 11) is 0. The van der Waals surface area contributed by atoms with Gasteiger partial charge in [0.2, 0.25) is 0 Å². The minimum absolute atomic E-state index is 0.213. The monoisotopic (exact) mass is 116 g/mol. The topological polar surface area (TPSA) is 29.5 Å². The number of aliphatic hydroxyl groups excluding tert-OH is 1. The third-order valence-electron chi connectivity index (χ3n) is 0.647. The Morgan fingerprint density at radius 1 is 1.86 bits per heavy atom. The van der Waals surface area contributed by atoms with E-state index >= 15 is 0 Å². The predicted molar refractivity (Wildman–Crippen MR) is 29.3 cm³/mol. The average Bonchev–Trinajstić information content (AvgIpc) is 1.87. The summed E-state index contributed by atoms with van der Waals surface area (Å²) in [4.78, 5) is 0. The van der Waals surface area contributed by atoms with Gasteiger partial charge in [-0.25, -0.2) is 0 Å². The van der Waals surface area contributed by atoms with E-state index in [1.165, 1.54) is 6.08 Å². The zero-order chi connectivity index (χ0) is 5.28. The summed E-state index contributed by atoms with van der Waals surface area (Å²) in [6.45, 7) is 0.249. The number of aliphatic hydroxyl groups is 1. The van der Waals surface area contributed by atoms with E-state index in [1.54, 1.807) is 0 Å². The van der Waals surface area contributed by atoms with Crippen LogP contribution in [-0.4, -0.2) is 16.8 Å². The lowest BCUT2D eigenvalue weighted by atomic mass is 10.5. The molecule has 7 heavy (non-hydrogen) atoms. The first-order valence-electron chi connectivity index (χ1n) is 1.85. The highest BCUT2D eigenvalue weighted by molar-refractivity contribution is 7.80. The fourth-order valence-electron chi connectivity index (χ4n) is 0.364. The molecular formula is C4H4O2S. The largest absolute Gasteiger partial charge is 0.509 e. The van der Waals surface area contributed by atoms with Crippen molar-refractivity contribution >= 4 is 17.3 Å². The van der Waals surface area contributed by atoms with E-state index in [2.05, 4.69) is 17.0 Å². The summed E-state index contributed by atoms with van der Waals surface area (Å²) >= 11 is 4.54. The number of rotatable bonds is 0. The molecule has 0 radical (unpaired) electrons. The standard InChI is InChI=1S/C4H4O2S/c5-3-1-4(7)6-2-3/h1,5H,2H2. The van der Waals surface area contributed by atoms with Crippen LogP contribution in [0.15, 0.2) is 11.8 Å². The smallest absolute Gasteiger partial charge is 0.187 e. The van der Waals surface area contributed by atoms with Crippen LogP contribution < -0.4 is 0 Å². The van der Waals surface area contributed by atoms with Crippen LogP contribution in [0, 0.1) is 0 Å². The fourth-order valence-corrected chi connectivity index (χ4v) is 0.559. The van der Waals surface area contributed by atoms with E-state index < -0.39 is 0 Å². The first-order chi connectivity index (χ1) is 3.29. The summed E-state index contributed by atoms with van der Waals surface area (Å²) in [5, 5.41) is 8.92. The number of hydrogen-bond donors (Lipinski definition) is 1. The van der Waals surface area contributed by atoms with Crippen LogP contribution in [0.2, 0.25) is 0 Å². The summed E-state index contributed by atoms with van der Waals surface area (Å²) in [6, 6.07) is 0. The zero-order valence-electron chi connectivity index (χ0n) is 3.55. The summed E-state index contributed by atoms with van der Waals surface area (Å²) in [6.07, 6.45) is 1.43. The Morgan fingerprint density at radius 3 is 2.71 bits per heavy atom. The van der Waals surface area contributed by atoms with E-state index in [0.29, 0.717) is 5.05 Å². The van der Waals surface area contributed by atoms with Gasteiger partial charge in [0.25, 0.3) is 0 Å². The van der Waals surface area contributed by atoms with Crippen molar-refractivity contribution in [3.05, 3.63) is 11.8 Å². The maximum atomic E-state index is 8.55. The SMILES string of the molecule is OC1=CC(=S)OC1. The van der Waals surface area contributed by atoms with Gasteiger partial charge in [0.05, 0.1) is 0 Å². The molecule has 0 aromatic heterocycles. The van der Waals surface area contributed by atoms with Crippen molar-refractivity contribution in [1.82, 2.24) is 0 Å². The predicted octanol–water partition coefficient (Wildman–Crippen LogP) is 0.786. The molecule has 0 aliphatic carbocycles. The molecule has 1 rings (SSSR count). The van der Waals surface area contributed by atoms with Crippen LogP contribution in [0.5, 0.6) is 0 Å². The minimum atomic E-state index is 0.213. The van der Waals surface area contributed by atoms with Gasteiger partial charge in [0.1, 0.15) is 12.4 Å². The lowest BCUT2D eigenvalue weighted by Crippen LogP contribution is -1.88. The van der Waals surface area contributed by atoms with Crippen LogP contribution in [0.25, 0.3) is 0 Å². The molecule has 0 amide bonds. The Morgan fingerprint density at radius 2 is 2.57 bits per heavy atom. The maximum absolute atomic E-state index is 8.55. The molecule has 0 atom stereocenters. The van der Waals surface area contributed by atoms with Gasteiger partial charge in [0, 0.05) is 6.08 Å². The van der Waals surface area contributed by atoms with Gasteiger partial charge in [-0.05, 0) is 12.2 Å². The highest BCUT2D eigenvalue weighted by Crippen LogP contribution is 2.01. The molecule has 0 fully saturated rings. The zero-order valence-corrected chi connectivity index (χ0v) is 4.36. The highest BCUT2D eigenvalue weighted by Gasteiger charge is 2.05. The van der Waals surface area contributed by atoms with Crippen LogP contribution in [0.3, 0.4) is 0 Å². The van der Waals surface area contributed by atoms with Crippen LogP contribution in [-0.2, 0) is 4.74 Å². The van der Waals surface area contributed by atoms with Crippen molar-refractivity contribution in [2.24, 2.45) is 0 Å². The third-order valence-corrected chi connectivity index (χ3v) is 0.882. The summed E-state index contributed by atoms with van der Waals surface area (Å²) in [5.74, 6) is 0.213. The first kappa shape index (κ1) is 4.59. The molecule has 1 aliphatic heterocycles. The van der Waals surface area contributed by atoms with Gasteiger partial charge in [-0.3, -0.25) is 0 Å². The average molecular weight is 116 g/mol. The third kappa shape index (κ3) is 0.899. The Balaban J connectivity index is 2.67. The molecular weight excluding hydrogens is 112 g/mol. The van der Waals surface area contributed by atoms with Crippen molar-refractivity contribution in [3.63, 3.8) is 0 Å². The summed E-state index contributed by atoms with van der Waals surface area (Å²) in [5.41, 5.74) is 0. The molecule has 2 nitrogen and oxygen atoms in total. The van der Waals surface area contributed by atoms with Crippen LogP contribution in [0.1, 0.15) is 0 Å². The normalized spacial score (nSPS) is 18.9. The molecule has 0 aromatic rings. The Hall–Kier alpha value is -0.570. The number of ether oxygens (including phenoxy) is 1. The lowest BCUT2D eigenvalue weighted by Gasteiger charge is -1.87. The quantitative estimate of drug-likeness (QED) is 0.474. The Bertz CT molecular complexity index is 128. The van der Waals surface area contributed by atoms with Gasteiger partial charge in [0.15, 0.2) is 5.05 Å². The van der Waals surface area contributed by atoms with Gasteiger partial charge < -0.3 is 9.84 Å². The van der Waals surface area contributed by atoms with Crippen molar-refractivity contribution < 1.29 is 9.84 Å². The van der Waals surface area contributed by atoms with Crippen LogP contribution in [0.4, 0.5) is 0 Å². The summed E-state index contributed by atoms with van der Waals surface area (Å²) < 4.78 is 4.65. The second-order valence-corrected chi connectivity index (χ2v) is 1.65. The molecule has 0 aromatic carbocycles. The molecule has 0 saturated carbocycles. The van der Waals surface area contributed by atoms with Gasteiger partial charge >= 0.3 is 0 Å². The molecule has 0 bridgehead atoms. The number of thiocarbonyl (C=S) groups is 1. The first-order valence-corrected chi connectivity index (χ1v) is 2.26. The molecule has 3 heteroatoms. The molecule has 0 saturated heterocycles. The minimum Gasteiger partial charge on any atom is -0.509 e. The van der Waals surface area contributed by atoms with Crippen molar-refractivity contribution in [1.29, 1.82) is 0 Å². The fraction of sp³-hybridized carbons (Fsp3) is 0.250. The Labute approximate surface area is 46.4 Å². The van der Waals surface area contributed by atoms with Crippen molar-refractivity contribution in [3.8, 4) is 0 Å².